The largest absolute Gasteiger partial charge is 0.332 e. The van der Waals surface area contributed by atoms with Crippen LogP contribution in [0.3, 0.4) is 0 Å². The van der Waals surface area contributed by atoms with Gasteiger partial charge in [-0.3, -0.25) is 4.79 Å². The first-order valence-corrected chi connectivity index (χ1v) is 6.74. The number of amides is 1. The van der Waals surface area contributed by atoms with Gasteiger partial charge < -0.3 is 4.90 Å². The van der Waals surface area contributed by atoms with E-state index >= 15 is 0 Å². The third kappa shape index (κ3) is 4.37. The minimum atomic E-state index is -2.60. The number of hydrogen-bond donors (Lipinski definition) is 0. The van der Waals surface area contributed by atoms with Gasteiger partial charge in [0.2, 0.25) is 0 Å². The van der Waals surface area contributed by atoms with Crippen LogP contribution in [0, 0.1) is 0 Å². The van der Waals surface area contributed by atoms with Crippen molar-refractivity contribution in [2.45, 2.75) is 6.43 Å². The number of hydrogen-bond acceptors (Lipinski definition) is 1. The molecule has 2 nitrogen and oxygen atoms in total. The fourth-order valence-electron chi connectivity index (χ4n) is 1.38. The Morgan fingerprint density at radius 3 is 2.67 bits per heavy atom. The average Bonchev–Trinajstić information content (AvgIpc) is 2.30. The fourth-order valence-corrected chi connectivity index (χ4v) is 2.17. The molecule has 0 radical (unpaired) electrons. The lowest BCUT2D eigenvalue weighted by Crippen LogP contribution is -2.36. The monoisotopic (exact) mass is 359 g/mol. The highest BCUT2D eigenvalue weighted by Gasteiger charge is 2.21. The van der Waals surface area contributed by atoms with E-state index < -0.39 is 18.9 Å². The predicted octanol–water partition coefficient (Wildman–Crippen LogP) is 4.05. The number of carbonyl (C=O) groups excluding carboxylic acids is 1. The Morgan fingerprint density at radius 2 is 2.11 bits per heavy atom. The lowest BCUT2D eigenvalue weighted by Gasteiger charge is -2.21. The molecule has 1 rings (SSSR count). The molecule has 0 bridgehead atoms. The smallest absolute Gasteiger partial charge is 0.255 e. The van der Waals surface area contributed by atoms with E-state index in [1.807, 2.05) is 0 Å². The molecule has 0 saturated heterocycles. The van der Waals surface area contributed by atoms with Crippen molar-refractivity contribution in [3.05, 3.63) is 33.3 Å². The van der Waals surface area contributed by atoms with Crippen LogP contribution in [0.5, 0.6) is 0 Å². The summed E-state index contributed by atoms with van der Waals surface area (Å²) < 4.78 is 25.3. The van der Waals surface area contributed by atoms with Crippen molar-refractivity contribution in [1.82, 2.24) is 4.90 Å². The Labute approximate surface area is 122 Å². The van der Waals surface area contributed by atoms with Crippen LogP contribution in [0.4, 0.5) is 8.78 Å². The maximum Gasteiger partial charge on any atom is 0.255 e. The molecule has 18 heavy (non-hydrogen) atoms. The fraction of sp³-hybridized carbons (Fsp3) is 0.364. The molecule has 1 aromatic carbocycles. The van der Waals surface area contributed by atoms with Crippen LogP contribution < -0.4 is 0 Å². The van der Waals surface area contributed by atoms with Crippen LogP contribution in [0.2, 0.25) is 5.02 Å². The quantitative estimate of drug-likeness (QED) is 0.725. The Bertz CT molecular complexity index is 432. The number of carbonyl (C=O) groups is 1. The molecular formula is C11H10BrCl2F2NO. The summed E-state index contributed by atoms with van der Waals surface area (Å²) in [4.78, 5) is 13.1. The lowest BCUT2D eigenvalue weighted by atomic mass is 10.2. The van der Waals surface area contributed by atoms with Gasteiger partial charge in [-0.05, 0) is 34.1 Å². The SMILES string of the molecule is O=C(c1cc(Cl)ccc1Br)N(CCCl)CC(F)F. The second kappa shape index (κ2) is 7.26. The van der Waals surface area contributed by atoms with Crippen molar-refractivity contribution in [3.8, 4) is 0 Å². The third-order valence-electron chi connectivity index (χ3n) is 2.16. The number of benzene rings is 1. The lowest BCUT2D eigenvalue weighted by molar-refractivity contribution is 0.0570. The second-order valence-corrected chi connectivity index (χ2v) is 5.12. The first-order chi connectivity index (χ1) is 8.45. The van der Waals surface area contributed by atoms with E-state index in [1.54, 1.807) is 12.1 Å². The van der Waals surface area contributed by atoms with Crippen molar-refractivity contribution in [2.75, 3.05) is 19.0 Å². The van der Waals surface area contributed by atoms with Gasteiger partial charge in [-0.2, -0.15) is 0 Å². The Hall–Kier alpha value is -0.390. The van der Waals surface area contributed by atoms with Crippen molar-refractivity contribution in [2.24, 2.45) is 0 Å². The molecule has 0 aromatic heterocycles. The molecule has 0 saturated carbocycles. The van der Waals surface area contributed by atoms with Crippen LogP contribution in [0.1, 0.15) is 10.4 Å². The number of rotatable bonds is 5. The van der Waals surface area contributed by atoms with Crippen LogP contribution in [-0.2, 0) is 0 Å². The van der Waals surface area contributed by atoms with E-state index in [4.69, 9.17) is 23.2 Å². The zero-order valence-corrected chi connectivity index (χ0v) is 12.3. The van der Waals surface area contributed by atoms with Crippen LogP contribution in [0.15, 0.2) is 22.7 Å². The minimum absolute atomic E-state index is 0.0592. The molecule has 0 aliphatic heterocycles. The van der Waals surface area contributed by atoms with Gasteiger partial charge in [0.15, 0.2) is 0 Å². The summed E-state index contributed by atoms with van der Waals surface area (Å²) in [5.41, 5.74) is 0.244. The first kappa shape index (κ1) is 15.7. The standard InChI is InChI=1S/C11H10BrCl2F2NO/c12-9-2-1-7(14)5-8(9)11(18)17(4-3-13)6-10(15)16/h1-2,5,10H,3-4,6H2. The number of alkyl halides is 3. The van der Waals surface area contributed by atoms with Crippen LogP contribution in [0.25, 0.3) is 0 Å². The van der Waals surface area contributed by atoms with E-state index in [0.29, 0.717) is 9.50 Å². The van der Waals surface area contributed by atoms with E-state index in [9.17, 15) is 13.6 Å². The van der Waals surface area contributed by atoms with Crippen molar-refractivity contribution >= 4 is 45.0 Å². The molecule has 7 heteroatoms. The van der Waals surface area contributed by atoms with Gasteiger partial charge in [-0.15, -0.1) is 11.6 Å². The van der Waals surface area contributed by atoms with Crippen molar-refractivity contribution < 1.29 is 13.6 Å². The van der Waals surface area contributed by atoms with Crippen LogP contribution in [-0.4, -0.2) is 36.2 Å². The van der Waals surface area contributed by atoms with Gasteiger partial charge in [-0.1, -0.05) is 11.6 Å². The Morgan fingerprint density at radius 1 is 1.44 bits per heavy atom. The summed E-state index contributed by atoms with van der Waals surface area (Å²) in [6, 6.07) is 4.62. The molecule has 1 amide bonds. The molecule has 100 valence electrons. The topological polar surface area (TPSA) is 20.3 Å². The number of nitrogens with zero attached hydrogens (tertiary/aromatic N) is 1. The molecule has 0 N–H and O–H groups in total. The maximum absolute atomic E-state index is 12.4. The normalized spacial score (nSPS) is 10.8. The summed E-state index contributed by atoms with van der Waals surface area (Å²) in [7, 11) is 0. The molecule has 0 spiro atoms. The van der Waals surface area contributed by atoms with E-state index in [1.165, 1.54) is 6.07 Å². The van der Waals surface area contributed by atoms with Crippen LogP contribution >= 0.6 is 39.1 Å². The summed E-state index contributed by atoms with van der Waals surface area (Å²) in [5.74, 6) is -0.429. The molecule has 0 unspecified atom stereocenters. The predicted molar refractivity (Wildman–Crippen MR) is 71.8 cm³/mol. The molecule has 0 aliphatic rings. The van der Waals surface area contributed by atoms with Gasteiger partial charge in [0.25, 0.3) is 12.3 Å². The summed E-state index contributed by atoms with van der Waals surface area (Å²) in [6.07, 6.45) is -2.60. The van der Waals surface area contributed by atoms with Crippen molar-refractivity contribution in [3.63, 3.8) is 0 Å². The van der Waals surface area contributed by atoms with E-state index in [0.717, 1.165) is 4.90 Å². The minimum Gasteiger partial charge on any atom is -0.332 e. The van der Waals surface area contributed by atoms with Gasteiger partial charge in [0, 0.05) is 21.9 Å². The van der Waals surface area contributed by atoms with E-state index in [2.05, 4.69) is 15.9 Å². The highest BCUT2D eigenvalue weighted by molar-refractivity contribution is 9.10. The Kier molecular flexibility index (Phi) is 6.32. The molecule has 0 fully saturated rings. The highest BCUT2D eigenvalue weighted by Crippen LogP contribution is 2.23. The van der Waals surface area contributed by atoms with Gasteiger partial charge in [0.1, 0.15) is 0 Å². The Balaban J connectivity index is 2.97. The van der Waals surface area contributed by atoms with Gasteiger partial charge in [-0.25, -0.2) is 8.78 Å². The average molecular weight is 361 g/mol. The third-order valence-corrected chi connectivity index (χ3v) is 3.25. The second-order valence-electron chi connectivity index (χ2n) is 3.46. The first-order valence-electron chi connectivity index (χ1n) is 5.04. The summed E-state index contributed by atoms with van der Waals surface area (Å²) in [6.45, 7) is -0.589. The molecular weight excluding hydrogens is 351 g/mol. The summed E-state index contributed by atoms with van der Waals surface area (Å²) >= 11 is 14.5. The van der Waals surface area contributed by atoms with Gasteiger partial charge >= 0.3 is 0 Å². The van der Waals surface area contributed by atoms with E-state index in [-0.39, 0.29) is 18.0 Å². The molecule has 0 aliphatic carbocycles. The highest BCUT2D eigenvalue weighted by atomic mass is 79.9. The molecule has 0 atom stereocenters. The van der Waals surface area contributed by atoms with Gasteiger partial charge in [0.05, 0.1) is 12.1 Å². The zero-order valence-electron chi connectivity index (χ0n) is 9.18. The van der Waals surface area contributed by atoms with Crippen molar-refractivity contribution in [1.29, 1.82) is 0 Å². The zero-order chi connectivity index (χ0) is 13.7. The summed E-state index contributed by atoms with van der Waals surface area (Å²) in [5, 5.41) is 0.365. The number of halogens is 5. The molecule has 1 aromatic rings. The maximum atomic E-state index is 12.4. The molecule has 0 heterocycles.